The maximum Gasteiger partial charge on any atom is 0.0815 e. The zero-order valence-corrected chi connectivity index (χ0v) is 5.77. The molecule has 0 aromatic rings. The molecule has 4 atom stereocenters. The van der Waals surface area contributed by atoms with Crippen LogP contribution in [0.5, 0.6) is 0 Å². The van der Waals surface area contributed by atoms with E-state index in [0.29, 0.717) is 12.8 Å². The summed E-state index contributed by atoms with van der Waals surface area (Å²) in [7, 11) is 0. The molecule has 0 aromatic heterocycles. The number of hydrogen-bond donors (Lipinski definition) is 4. The highest BCUT2D eigenvalue weighted by Crippen LogP contribution is 2.16. The van der Waals surface area contributed by atoms with Crippen LogP contribution in [0.2, 0.25) is 0 Å². The SMILES string of the molecule is N[C@@H]1C[C@@H](O)[C@@H](O)C[C@@H]1N. The molecule has 1 aliphatic carbocycles. The molecule has 1 rings (SSSR count). The number of nitrogens with two attached hydrogens (primary N) is 2. The number of aliphatic hydroxyl groups is 2. The second-order valence-electron chi connectivity index (χ2n) is 2.93. The molecular formula is C6H14N2O2. The zero-order valence-electron chi connectivity index (χ0n) is 5.77. The molecule has 0 saturated heterocycles. The summed E-state index contributed by atoms with van der Waals surface area (Å²) in [6, 6.07) is -0.336. The van der Waals surface area contributed by atoms with E-state index in [9.17, 15) is 0 Å². The van der Waals surface area contributed by atoms with Crippen molar-refractivity contribution in [2.75, 3.05) is 0 Å². The maximum atomic E-state index is 9.08. The highest BCUT2D eigenvalue weighted by molar-refractivity contribution is 4.89. The van der Waals surface area contributed by atoms with Gasteiger partial charge in [-0.25, -0.2) is 0 Å². The van der Waals surface area contributed by atoms with E-state index in [4.69, 9.17) is 21.7 Å². The summed E-state index contributed by atoms with van der Waals surface area (Å²) in [6.45, 7) is 0. The van der Waals surface area contributed by atoms with Gasteiger partial charge in [0.25, 0.3) is 0 Å². The topological polar surface area (TPSA) is 92.5 Å². The van der Waals surface area contributed by atoms with Gasteiger partial charge in [0.15, 0.2) is 0 Å². The Kier molecular flexibility index (Phi) is 2.25. The fourth-order valence-corrected chi connectivity index (χ4v) is 1.22. The number of hydrogen-bond acceptors (Lipinski definition) is 4. The third-order valence-electron chi connectivity index (χ3n) is 2.02. The first-order valence-corrected chi connectivity index (χ1v) is 3.48. The van der Waals surface area contributed by atoms with Crippen molar-refractivity contribution in [1.29, 1.82) is 0 Å². The lowest BCUT2D eigenvalue weighted by Crippen LogP contribution is -2.52. The Labute approximate surface area is 59.8 Å². The van der Waals surface area contributed by atoms with Crippen molar-refractivity contribution in [3.63, 3.8) is 0 Å². The number of aliphatic hydroxyl groups excluding tert-OH is 2. The van der Waals surface area contributed by atoms with Gasteiger partial charge in [-0.1, -0.05) is 0 Å². The summed E-state index contributed by atoms with van der Waals surface area (Å²) >= 11 is 0. The van der Waals surface area contributed by atoms with Crippen molar-refractivity contribution < 1.29 is 10.2 Å². The van der Waals surface area contributed by atoms with Gasteiger partial charge in [-0.2, -0.15) is 0 Å². The van der Waals surface area contributed by atoms with Crippen LogP contribution < -0.4 is 11.5 Å². The highest BCUT2D eigenvalue weighted by atomic mass is 16.3. The van der Waals surface area contributed by atoms with Crippen LogP contribution >= 0.6 is 0 Å². The Bertz CT molecular complexity index is 94.3. The zero-order chi connectivity index (χ0) is 7.72. The van der Waals surface area contributed by atoms with Crippen LogP contribution in [0.15, 0.2) is 0 Å². The Hall–Kier alpha value is -0.160. The van der Waals surface area contributed by atoms with Gasteiger partial charge < -0.3 is 21.7 Å². The first-order chi connectivity index (χ1) is 4.61. The Balaban J connectivity index is 2.46. The molecule has 0 bridgehead atoms. The standard InChI is InChI=1S/C6H14N2O2/c7-3-1-5(9)6(10)2-4(3)8/h3-6,9-10H,1-2,7-8H2/t3-,4+,5-,6+. The summed E-state index contributed by atoms with van der Waals surface area (Å²) in [5.74, 6) is 0. The minimum absolute atomic E-state index is 0.168. The third kappa shape index (κ3) is 1.46. The monoisotopic (exact) mass is 146 g/mol. The minimum atomic E-state index is -0.685. The van der Waals surface area contributed by atoms with Gasteiger partial charge in [0.2, 0.25) is 0 Å². The molecule has 0 radical (unpaired) electrons. The predicted octanol–water partition coefficient (Wildman–Crippen LogP) is -1.84. The molecular weight excluding hydrogens is 132 g/mol. The van der Waals surface area contributed by atoms with Crippen LogP contribution in [-0.2, 0) is 0 Å². The molecule has 0 amide bonds. The molecule has 0 spiro atoms. The highest BCUT2D eigenvalue weighted by Gasteiger charge is 2.30. The maximum absolute atomic E-state index is 9.08. The van der Waals surface area contributed by atoms with Crippen molar-refractivity contribution in [2.24, 2.45) is 11.5 Å². The molecule has 60 valence electrons. The average molecular weight is 146 g/mol. The van der Waals surface area contributed by atoms with Crippen LogP contribution in [0.1, 0.15) is 12.8 Å². The van der Waals surface area contributed by atoms with E-state index in [1.54, 1.807) is 0 Å². The van der Waals surface area contributed by atoms with Gasteiger partial charge in [0.05, 0.1) is 12.2 Å². The summed E-state index contributed by atoms with van der Waals surface area (Å²) in [5.41, 5.74) is 11.1. The van der Waals surface area contributed by atoms with Gasteiger partial charge in [-0.05, 0) is 12.8 Å². The Morgan fingerprint density at radius 1 is 0.900 bits per heavy atom. The largest absolute Gasteiger partial charge is 0.390 e. The lowest BCUT2D eigenvalue weighted by Gasteiger charge is -2.32. The normalized spacial score (nSPS) is 49.2. The first-order valence-electron chi connectivity index (χ1n) is 3.48. The van der Waals surface area contributed by atoms with Crippen LogP contribution in [0.3, 0.4) is 0 Å². The molecule has 6 N–H and O–H groups in total. The van der Waals surface area contributed by atoms with Gasteiger partial charge >= 0.3 is 0 Å². The minimum Gasteiger partial charge on any atom is -0.390 e. The van der Waals surface area contributed by atoms with Crippen molar-refractivity contribution in [2.45, 2.75) is 37.1 Å². The van der Waals surface area contributed by atoms with E-state index < -0.39 is 12.2 Å². The van der Waals surface area contributed by atoms with Crippen LogP contribution in [0.4, 0.5) is 0 Å². The molecule has 1 saturated carbocycles. The van der Waals surface area contributed by atoms with Crippen LogP contribution in [-0.4, -0.2) is 34.5 Å². The lowest BCUT2D eigenvalue weighted by atomic mass is 9.87. The van der Waals surface area contributed by atoms with Gasteiger partial charge in [-0.15, -0.1) is 0 Å². The summed E-state index contributed by atoms with van der Waals surface area (Å²) in [6.07, 6.45) is -0.561. The molecule has 1 aliphatic rings. The fraction of sp³-hybridized carbons (Fsp3) is 1.00. The molecule has 0 heterocycles. The van der Waals surface area contributed by atoms with Crippen molar-refractivity contribution in [3.8, 4) is 0 Å². The van der Waals surface area contributed by atoms with Gasteiger partial charge in [0.1, 0.15) is 0 Å². The third-order valence-corrected chi connectivity index (χ3v) is 2.02. The van der Waals surface area contributed by atoms with Crippen molar-refractivity contribution >= 4 is 0 Å². The molecule has 0 unspecified atom stereocenters. The lowest BCUT2D eigenvalue weighted by molar-refractivity contribution is -0.0198. The molecule has 1 fully saturated rings. The van der Waals surface area contributed by atoms with Crippen molar-refractivity contribution in [1.82, 2.24) is 0 Å². The summed E-state index contributed by atoms with van der Waals surface area (Å²) in [5, 5.41) is 18.2. The van der Waals surface area contributed by atoms with E-state index >= 15 is 0 Å². The molecule has 0 aromatic carbocycles. The fourth-order valence-electron chi connectivity index (χ4n) is 1.22. The van der Waals surface area contributed by atoms with Crippen molar-refractivity contribution in [3.05, 3.63) is 0 Å². The second-order valence-corrected chi connectivity index (χ2v) is 2.93. The smallest absolute Gasteiger partial charge is 0.0815 e. The van der Waals surface area contributed by atoms with Crippen LogP contribution in [0, 0.1) is 0 Å². The Morgan fingerprint density at radius 2 is 1.20 bits per heavy atom. The summed E-state index contributed by atoms with van der Waals surface area (Å²) < 4.78 is 0. The molecule has 4 nitrogen and oxygen atoms in total. The van der Waals surface area contributed by atoms with E-state index in [2.05, 4.69) is 0 Å². The molecule has 4 heteroatoms. The quantitative estimate of drug-likeness (QED) is 0.323. The second kappa shape index (κ2) is 2.84. The number of rotatable bonds is 0. The average Bonchev–Trinajstić information content (AvgIpc) is 1.84. The molecule has 10 heavy (non-hydrogen) atoms. The van der Waals surface area contributed by atoms with E-state index in [1.165, 1.54) is 0 Å². The van der Waals surface area contributed by atoms with E-state index in [-0.39, 0.29) is 12.1 Å². The Morgan fingerprint density at radius 3 is 1.50 bits per heavy atom. The predicted molar refractivity (Wildman–Crippen MR) is 37.2 cm³/mol. The van der Waals surface area contributed by atoms with Crippen LogP contribution in [0.25, 0.3) is 0 Å². The van der Waals surface area contributed by atoms with E-state index in [0.717, 1.165) is 0 Å². The molecule has 0 aliphatic heterocycles. The van der Waals surface area contributed by atoms with Gasteiger partial charge in [0, 0.05) is 12.1 Å². The summed E-state index contributed by atoms with van der Waals surface area (Å²) in [4.78, 5) is 0. The van der Waals surface area contributed by atoms with Gasteiger partial charge in [-0.3, -0.25) is 0 Å². The first kappa shape index (κ1) is 7.94. The van der Waals surface area contributed by atoms with E-state index in [1.807, 2.05) is 0 Å².